The van der Waals surface area contributed by atoms with Gasteiger partial charge in [0, 0.05) is 12.0 Å². The van der Waals surface area contributed by atoms with E-state index in [1.54, 1.807) is 0 Å². The number of aromatic nitrogens is 3. The van der Waals surface area contributed by atoms with Gasteiger partial charge in [0.15, 0.2) is 0 Å². The zero-order valence-corrected chi connectivity index (χ0v) is 13.2. The fraction of sp³-hybridized carbons (Fsp3) is 0.769. The Kier molecular flexibility index (Phi) is 6.57. The number of hydrazine groups is 1. The molecule has 1 rings (SSSR count). The second kappa shape index (κ2) is 7.94. The molecule has 0 saturated carbocycles. The molecular weight excluding hydrogens is 272 g/mol. The summed E-state index contributed by atoms with van der Waals surface area (Å²) in [5.74, 6) is 5.95. The molecule has 0 fully saturated rings. The summed E-state index contributed by atoms with van der Waals surface area (Å²) < 4.78 is 5.46. The summed E-state index contributed by atoms with van der Waals surface area (Å²) in [7, 11) is 0. The van der Waals surface area contributed by atoms with Gasteiger partial charge in [-0.3, -0.25) is 5.43 Å². The first-order valence-electron chi connectivity index (χ1n) is 7.22. The first-order valence-corrected chi connectivity index (χ1v) is 7.22. The van der Waals surface area contributed by atoms with Crippen molar-refractivity contribution in [1.82, 2.24) is 15.0 Å². The highest BCUT2D eigenvalue weighted by molar-refractivity contribution is 5.35. The molecule has 0 spiro atoms. The van der Waals surface area contributed by atoms with E-state index < -0.39 is 0 Å². The number of hydrogen-bond donors (Lipinski definition) is 4. The predicted molar refractivity (Wildman–Crippen MR) is 82.0 cm³/mol. The number of nitrogens with zero attached hydrogens (tertiary/aromatic N) is 3. The molecule has 0 atom stereocenters. The van der Waals surface area contributed by atoms with Gasteiger partial charge in [0.25, 0.3) is 0 Å². The summed E-state index contributed by atoms with van der Waals surface area (Å²) in [6.45, 7) is 8.54. The quantitative estimate of drug-likeness (QED) is 0.396. The average molecular weight is 298 g/mol. The van der Waals surface area contributed by atoms with Crippen LogP contribution in [-0.4, -0.2) is 39.3 Å². The monoisotopic (exact) mass is 298 g/mol. The van der Waals surface area contributed by atoms with Crippen LogP contribution in [0.3, 0.4) is 0 Å². The molecule has 0 aliphatic heterocycles. The van der Waals surface area contributed by atoms with Gasteiger partial charge in [-0.05, 0) is 26.7 Å². The SMILES string of the molecule is CCC(CC)(CO)CNc1nc(NN)nc(OC(C)C)n1. The minimum atomic E-state index is -0.192. The number of nitrogen functional groups attached to an aromatic ring is 1. The first kappa shape index (κ1) is 17.4. The van der Waals surface area contributed by atoms with E-state index in [1.165, 1.54) is 0 Å². The van der Waals surface area contributed by atoms with Crippen LogP contribution < -0.4 is 21.3 Å². The highest BCUT2D eigenvalue weighted by atomic mass is 16.5. The van der Waals surface area contributed by atoms with Gasteiger partial charge in [-0.2, -0.15) is 15.0 Å². The standard InChI is InChI=1S/C13H26N6O2/c1-5-13(6-2,8-20)7-15-10-16-11(19-14)18-12(17-10)21-9(3)4/h9,20H,5-8,14H2,1-4H3,(H2,15,16,17,18,19). The molecule has 1 aromatic heterocycles. The van der Waals surface area contributed by atoms with Crippen LogP contribution in [0.2, 0.25) is 0 Å². The number of ether oxygens (including phenoxy) is 1. The fourth-order valence-corrected chi connectivity index (χ4v) is 1.81. The van der Waals surface area contributed by atoms with Crippen LogP contribution in [0.5, 0.6) is 6.01 Å². The van der Waals surface area contributed by atoms with Crippen molar-refractivity contribution in [3.05, 3.63) is 0 Å². The van der Waals surface area contributed by atoms with Gasteiger partial charge in [0.05, 0.1) is 12.7 Å². The number of anilines is 2. The molecule has 0 radical (unpaired) electrons. The van der Waals surface area contributed by atoms with Gasteiger partial charge in [-0.1, -0.05) is 13.8 Å². The van der Waals surface area contributed by atoms with Gasteiger partial charge >= 0.3 is 6.01 Å². The predicted octanol–water partition coefficient (Wildman–Crippen LogP) is 1.15. The molecule has 8 nitrogen and oxygen atoms in total. The number of nitrogens with two attached hydrogens (primary N) is 1. The number of aliphatic hydroxyl groups excluding tert-OH is 1. The molecule has 0 aromatic carbocycles. The Morgan fingerprint density at radius 3 is 2.29 bits per heavy atom. The molecule has 0 bridgehead atoms. The van der Waals surface area contributed by atoms with Crippen molar-refractivity contribution in [2.45, 2.75) is 46.6 Å². The van der Waals surface area contributed by atoms with Crippen LogP contribution in [0.1, 0.15) is 40.5 Å². The van der Waals surface area contributed by atoms with Gasteiger partial charge in [0.1, 0.15) is 0 Å². The molecule has 0 unspecified atom stereocenters. The summed E-state index contributed by atoms with van der Waals surface area (Å²) in [5.41, 5.74) is 2.20. The van der Waals surface area contributed by atoms with E-state index in [2.05, 4.69) is 39.5 Å². The lowest BCUT2D eigenvalue weighted by Crippen LogP contribution is -2.33. The topological polar surface area (TPSA) is 118 Å². The molecule has 0 saturated heterocycles. The van der Waals surface area contributed by atoms with Crippen LogP contribution >= 0.6 is 0 Å². The fourth-order valence-electron chi connectivity index (χ4n) is 1.81. The Morgan fingerprint density at radius 2 is 1.81 bits per heavy atom. The lowest BCUT2D eigenvalue weighted by atomic mass is 9.83. The Balaban J connectivity index is 2.86. The first-order chi connectivity index (χ1) is 9.98. The van der Waals surface area contributed by atoms with Gasteiger partial charge < -0.3 is 15.2 Å². The molecule has 0 amide bonds. The van der Waals surface area contributed by atoms with E-state index in [1.807, 2.05) is 13.8 Å². The van der Waals surface area contributed by atoms with Gasteiger partial charge in [-0.25, -0.2) is 5.84 Å². The van der Waals surface area contributed by atoms with Crippen LogP contribution in [0, 0.1) is 5.41 Å². The number of aliphatic hydroxyl groups is 1. The molecule has 21 heavy (non-hydrogen) atoms. The number of rotatable bonds is 9. The zero-order valence-electron chi connectivity index (χ0n) is 13.2. The Morgan fingerprint density at radius 1 is 1.19 bits per heavy atom. The van der Waals surface area contributed by atoms with Crippen molar-refractivity contribution in [1.29, 1.82) is 0 Å². The van der Waals surface area contributed by atoms with Crippen molar-refractivity contribution in [2.24, 2.45) is 11.3 Å². The summed E-state index contributed by atoms with van der Waals surface area (Å²) in [6.07, 6.45) is 1.67. The van der Waals surface area contributed by atoms with Crippen molar-refractivity contribution in [3.8, 4) is 6.01 Å². The minimum Gasteiger partial charge on any atom is -0.461 e. The molecular formula is C13H26N6O2. The van der Waals surface area contributed by atoms with E-state index >= 15 is 0 Å². The largest absolute Gasteiger partial charge is 0.461 e. The summed E-state index contributed by atoms with van der Waals surface area (Å²) in [4.78, 5) is 12.4. The van der Waals surface area contributed by atoms with Crippen molar-refractivity contribution >= 4 is 11.9 Å². The van der Waals surface area contributed by atoms with E-state index in [-0.39, 0.29) is 30.1 Å². The molecule has 1 aromatic rings. The third kappa shape index (κ3) is 4.98. The second-order valence-corrected chi connectivity index (χ2v) is 5.29. The second-order valence-electron chi connectivity index (χ2n) is 5.29. The lowest BCUT2D eigenvalue weighted by molar-refractivity contribution is 0.127. The van der Waals surface area contributed by atoms with Crippen LogP contribution in [0.25, 0.3) is 0 Å². The highest BCUT2D eigenvalue weighted by Gasteiger charge is 2.25. The summed E-state index contributed by atoms with van der Waals surface area (Å²) in [5, 5.41) is 12.7. The molecule has 1 heterocycles. The van der Waals surface area contributed by atoms with E-state index in [0.29, 0.717) is 12.5 Å². The van der Waals surface area contributed by atoms with Gasteiger partial charge in [0.2, 0.25) is 11.9 Å². The average Bonchev–Trinajstić information content (AvgIpc) is 2.48. The van der Waals surface area contributed by atoms with Crippen LogP contribution in [-0.2, 0) is 0 Å². The maximum atomic E-state index is 9.58. The molecule has 120 valence electrons. The summed E-state index contributed by atoms with van der Waals surface area (Å²) in [6, 6.07) is 0.207. The van der Waals surface area contributed by atoms with E-state index in [0.717, 1.165) is 12.8 Å². The van der Waals surface area contributed by atoms with E-state index in [4.69, 9.17) is 10.6 Å². The normalized spacial score (nSPS) is 11.6. The maximum absolute atomic E-state index is 9.58. The third-order valence-electron chi connectivity index (χ3n) is 3.54. The smallest absolute Gasteiger partial charge is 0.323 e. The van der Waals surface area contributed by atoms with Crippen LogP contribution in [0.15, 0.2) is 0 Å². The Hall–Kier alpha value is -1.67. The lowest BCUT2D eigenvalue weighted by Gasteiger charge is -2.29. The van der Waals surface area contributed by atoms with E-state index in [9.17, 15) is 5.11 Å². The Labute approximate surface area is 125 Å². The van der Waals surface area contributed by atoms with Crippen molar-refractivity contribution in [2.75, 3.05) is 23.9 Å². The molecule has 8 heteroatoms. The minimum absolute atomic E-state index is 0.0475. The third-order valence-corrected chi connectivity index (χ3v) is 3.54. The van der Waals surface area contributed by atoms with Crippen molar-refractivity contribution in [3.63, 3.8) is 0 Å². The number of hydrogen-bond acceptors (Lipinski definition) is 8. The maximum Gasteiger partial charge on any atom is 0.323 e. The molecule has 5 N–H and O–H groups in total. The van der Waals surface area contributed by atoms with Crippen LogP contribution in [0.4, 0.5) is 11.9 Å². The molecule has 0 aliphatic rings. The van der Waals surface area contributed by atoms with Gasteiger partial charge in [-0.15, -0.1) is 0 Å². The number of nitrogens with one attached hydrogen (secondary N) is 2. The Bertz CT molecular complexity index is 428. The zero-order chi connectivity index (χ0) is 15.9. The molecule has 0 aliphatic carbocycles. The summed E-state index contributed by atoms with van der Waals surface area (Å²) >= 11 is 0. The highest BCUT2D eigenvalue weighted by Crippen LogP contribution is 2.26. The van der Waals surface area contributed by atoms with Crippen molar-refractivity contribution < 1.29 is 9.84 Å².